The van der Waals surface area contributed by atoms with Crippen LogP contribution in [0, 0.1) is 13.8 Å². The lowest BCUT2D eigenvalue weighted by molar-refractivity contribution is -0.135. The molecule has 37 heavy (non-hydrogen) atoms. The number of nitrogens with zero attached hydrogens (tertiary/aromatic N) is 6. The number of hydrogen-bond acceptors (Lipinski definition) is 8. The topological polar surface area (TPSA) is 121 Å². The van der Waals surface area contributed by atoms with Gasteiger partial charge in [-0.05, 0) is 37.8 Å². The van der Waals surface area contributed by atoms with Gasteiger partial charge in [0.25, 0.3) is 5.91 Å². The molecule has 5 heterocycles. The largest absolute Gasteiger partial charge is 0.439 e. The van der Waals surface area contributed by atoms with Gasteiger partial charge in [-0.3, -0.25) is 4.79 Å². The van der Waals surface area contributed by atoms with Crippen molar-refractivity contribution in [1.82, 2.24) is 34.8 Å². The molecular weight excluding hydrogens is 492 g/mol. The SMILES string of the molecule is CNC(=O)OCC(=O)N1CCN(c2nc3c(C(C)C)c(-c4cn5ncnc5c(C)c4C)[nH]c3s2)C(C)C1. The van der Waals surface area contributed by atoms with Crippen molar-refractivity contribution >= 4 is 44.5 Å². The third-order valence-corrected chi connectivity index (χ3v) is 8.12. The molecule has 1 fully saturated rings. The van der Waals surface area contributed by atoms with E-state index in [1.807, 2.05) is 10.7 Å². The second-order valence-electron chi connectivity index (χ2n) is 9.77. The summed E-state index contributed by atoms with van der Waals surface area (Å²) in [5.74, 6) is 0.0696. The average molecular weight is 525 g/mol. The molecule has 1 saturated heterocycles. The van der Waals surface area contributed by atoms with Crippen molar-refractivity contribution in [2.45, 2.75) is 46.6 Å². The number of ether oxygens (including phenoxy) is 1. The zero-order chi connectivity index (χ0) is 26.4. The van der Waals surface area contributed by atoms with Crippen LogP contribution in [0.5, 0.6) is 0 Å². The van der Waals surface area contributed by atoms with Crippen LogP contribution in [0.3, 0.4) is 0 Å². The van der Waals surface area contributed by atoms with Crippen LogP contribution in [0.25, 0.3) is 27.3 Å². The number of hydrogen-bond donors (Lipinski definition) is 2. The van der Waals surface area contributed by atoms with Crippen molar-refractivity contribution in [1.29, 1.82) is 0 Å². The van der Waals surface area contributed by atoms with Gasteiger partial charge in [0.2, 0.25) is 0 Å². The van der Waals surface area contributed by atoms with Crippen molar-refractivity contribution in [2.75, 3.05) is 38.2 Å². The van der Waals surface area contributed by atoms with Gasteiger partial charge in [-0.25, -0.2) is 19.3 Å². The molecule has 196 valence electrons. The number of amides is 2. The van der Waals surface area contributed by atoms with Crippen molar-refractivity contribution in [3.05, 3.63) is 29.2 Å². The number of aromatic nitrogens is 5. The fourth-order valence-electron chi connectivity index (χ4n) is 4.99. The maximum Gasteiger partial charge on any atom is 0.407 e. The zero-order valence-corrected chi connectivity index (χ0v) is 22.8. The molecule has 0 spiro atoms. The highest BCUT2D eigenvalue weighted by atomic mass is 32.1. The van der Waals surface area contributed by atoms with E-state index in [0.717, 1.165) is 37.9 Å². The highest BCUT2D eigenvalue weighted by Gasteiger charge is 2.30. The summed E-state index contributed by atoms with van der Waals surface area (Å²) in [4.78, 5) is 42.0. The fraction of sp³-hybridized carbons (Fsp3) is 0.480. The molecule has 1 aliphatic heterocycles. The summed E-state index contributed by atoms with van der Waals surface area (Å²) >= 11 is 1.64. The van der Waals surface area contributed by atoms with Crippen LogP contribution in [0.1, 0.15) is 43.4 Å². The second kappa shape index (κ2) is 9.66. The second-order valence-corrected chi connectivity index (χ2v) is 10.7. The quantitative estimate of drug-likeness (QED) is 0.410. The van der Waals surface area contributed by atoms with Crippen LogP contribution >= 0.6 is 11.3 Å². The van der Waals surface area contributed by atoms with Gasteiger partial charge in [0.1, 0.15) is 16.7 Å². The number of anilines is 1. The molecule has 4 aromatic heterocycles. The fourth-order valence-corrected chi connectivity index (χ4v) is 6.10. The summed E-state index contributed by atoms with van der Waals surface area (Å²) in [6.07, 6.45) is 3.02. The molecule has 4 aromatic rings. The monoisotopic (exact) mass is 524 g/mol. The number of aryl methyl sites for hydroxylation is 1. The highest BCUT2D eigenvalue weighted by Crippen LogP contribution is 2.41. The Labute approximate surface area is 218 Å². The van der Waals surface area contributed by atoms with Crippen LogP contribution in [0.2, 0.25) is 0 Å². The van der Waals surface area contributed by atoms with E-state index in [4.69, 9.17) is 9.72 Å². The molecule has 12 heteroatoms. The molecule has 2 N–H and O–H groups in total. The van der Waals surface area contributed by atoms with E-state index < -0.39 is 6.09 Å². The smallest absolute Gasteiger partial charge is 0.407 e. The predicted octanol–water partition coefficient (Wildman–Crippen LogP) is 3.47. The van der Waals surface area contributed by atoms with Gasteiger partial charge in [0.15, 0.2) is 17.4 Å². The minimum atomic E-state index is -0.607. The first-order valence-corrected chi connectivity index (χ1v) is 13.2. The first-order chi connectivity index (χ1) is 17.7. The summed E-state index contributed by atoms with van der Waals surface area (Å²) in [5, 5.41) is 7.66. The Bertz CT molecular complexity index is 1490. The molecule has 0 aromatic carbocycles. The highest BCUT2D eigenvalue weighted by molar-refractivity contribution is 7.21. The number of H-pyrrole nitrogens is 1. The van der Waals surface area contributed by atoms with Gasteiger partial charge in [-0.15, -0.1) is 0 Å². The van der Waals surface area contributed by atoms with E-state index in [2.05, 4.69) is 59.9 Å². The number of pyridine rings is 1. The Morgan fingerprint density at radius 1 is 1.27 bits per heavy atom. The number of thiazole rings is 1. The first kappa shape index (κ1) is 25.0. The minimum absolute atomic E-state index is 0.0783. The Morgan fingerprint density at radius 3 is 2.76 bits per heavy atom. The van der Waals surface area contributed by atoms with Gasteiger partial charge in [0.05, 0.1) is 5.69 Å². The number of fused-ring (bicyclic) bond motifs is 2. The van der Waals surface area contributed by atoms with Gasteiger partial charge >= 0.3 is 6.09 Å². The molecule has 2 amide bonds. The number of nitrogens with one attached hydrogen (secondary N) is 2. The lowest BCUT2D eigenvalue weighted by atomic mass is 9.96. The summed E-state index contributed by atoms with van der Waals surface area (Å²) < 4.78 is 6.75. The number of aromatic amines is 1. The number of piperazine rings is 1. The molecule has 0 bridgehead atoms. The molecular formula is C25H32N8O3S. The molecule has 0 aliphatic carbocycles. The van der Waals surface area contributed by atoms with Crippen LogP contribution in [-0.4, -0.2) is 80.8 Å². The first-order valence-electron chi connectivity index (χ1n) is 12.4. The molecule has 1 atom stereocenters. The van der Waals surface area contributed by atoms with E-state index in [9.17, 15) is 9.59 Å². The van der Waals surface area contributed by atoms with Crippen molar-refractivity contribution in [3.63, 3.8) is 0 Å². The van der Waals surface area contributed by atoms with Gasteiger partial charge in [-0.1, -0.05) is 25.2 Å². The third kappa shape index (κ3) is 4.39. The van der Waals surface area contributed by atoms with Crippen molar-refractivity contribution in [3.8, 4) is 11.3 Å². The molecule has 0 saturated carbocycles. The summed E-state index contributed by atoms with van der Waals surface area (Å²) in [6.45, 7) is 12.2. The summed E-state index contributed by atoms with van der Waals surface area (Å²) in [6, 6.07) is 0.0783. The maximum atomic E-state index is 12.5. The number of alkyl carbamates (subject to hydrolysis) is 1. The molecule has 11 nitrogen and oxygen atoms in total. The number of carbonyl (C=O) groups excluding carboxylic acids is 2. The Morgan fingerprint density at radius 2 is 2.05 bits per heavy atom. The number of carbonyl (C=O) groups is 2. The summed E-state index contributed by atoms with van der Waals surface area (Å²) in [5.41, 5.74) is 7.51. The molecule has 0 radical (unpaired) electrons. The Hall–Kier alpha value is -3.67. The van der Waals surface area contributed by atoms with E-state index in [1.54, 1.807) is 22.6 Å². The normalized spacial score (nSPS) is 16.2. The predicted molar refractivity (Wildman–Crippen MR) is 143 cm³/mol. The molecule has 5 rings (SSSR count). The van der Waals surface area contributed by atoms with Gasteiger partial charge in [-0.2, -0.15) is 5.10 Å². The van der Waals surface area contributed by atoms with E-state index in [0.29, 0.717) is 19.6 Å². The van der Waals surface area contributed by atoms with Crippen molar-refractivity contribution < 1.29 is 14.3 Å². The van der Waals surface area contributed by atoms with E-state index >= 15 is 0 Å². The molecule has 1 unspecified atom stereocenters. The number of rotatable bonds is 5. The van der Waals surface area contributed by atoms with Crippen LogP contribution in [0.15, 0.2) is 12.5 Å². The van der Waals surface area contributed by atoms with E-state index in [-0.39, 0.29) is 24.5 Å². The van der Waals surface area contributed by atoms with Crippen LogP contribution in [0.4, 0.5) is 9.93 Å². The van der Waals surface area contributed by atoms with Crippen LogP contribution in [-0.2, 0) is 9.53 Å². The lowest BCUT2D eigenvalue weighted by Crippen LogP contribution is -2.54. The summed E-state index contributed by atoms with van der Waals surface area (Å²) in [7, 11) is 1.47. The van der Waals surface area contributed by atoms with Gasteiger partial charge in [0, 0.05) is 50.0 Å². The Kier molecular flexibility index (Phi) is 6.52. The molecule has 1 aliphatic rings. The van der Waals surface area contributed by atoms with Gasteiger partial charge < -0.3 is 24.8 Å². The Balaban J connectivity index is 1.42. The zero-order valence-electron chi connectivity index (χ0n) is 22.0. The lowest BCUT2D eigenvalue weighted by Gasteiger charge is -2.39. The third-order valence-electron chi connectivity index (χ3n) is 7.11. The standard InChI is InChI=1S/C25H32N8O3S/c1-13(2)19-20(17-10-33-22(27-12-28-33)16(5)15(17)4)29-23-21(19)30-24(37-23)32-8-7-31(9-14(32)3)18(34)11-36-25(35)26-6/h10,12-14,29H,7-9,11H2,1-6H3,(H,26,35). The maximum absolute atomic E-state index is 12.5. The van der Waals surface area contributed by atoms with Crippen molar-refractivity contribution in [2.24, 2.45) is 0 Å². The van der Waals surface area contributed by atoms with E-state index in [1.165, 1.54) is 18.2 Å². The van der Waals surface area contributed by atoms with Crippen LogP contribution < -0.4 is 10.2 Å². The average Bonchev–Trinajstić information content (AvgIpc) is 3.58. The minimum Gasteiger partial charge on any atom is -0.439 e.